The first kappa shape index (κ1) is 26.1. The summed E-state index contributed by atoms with van der Waals surface area (Å²) in [6, 6.07) is 19.2. The molecule has 2 heterocycles. The number of aryl methyl sites for hydroxylation is 1. The second-order valence-electron chi connectivity index (χ2n) is 9.32. The van der Waals surface area contributed by atoms with E-state index in [2.05, 4.69) is 22.0 Å². The van der Waals surface area contributed by atoms with Gasteiger partial charge in [-0.25, -0.2) is 0 Å². The number of anilines is 1. The molecule has 0 saturated carbocycles. The third-order valence-corrected chi connectivity index (χ3v) is 6.67. The van der Waals surface area contributed by atoms with Gasteiger partial charge in [0.2, 0.25) is 5.91 Å². The van der Waals surface area contributed by atoms with E-state index in [9.17, 15) is 9.59 Å². The lowest BCUT2D eigenvalue weighted by atomic mass is 10.1. The van der Waals surface area contributed by atoms with Gasteiger partial charge in [0.05, 0.1) is 12.8 Å². The van der Waals surface area contributed by atoms with E-state index in [1.54, 1.807) is 12.0 Å². The highest BCUT2D eigenvalue weighted by Gasteiger charge is 2.25. The van der Waals surface area contributed by atoms with E-state index in [0.717, 1.165) is 41.2 Å². The molecule has 0 atom stereocenters. The summed E-state index contributed by atoms with van der Waals surface area (Å²) in [5.41, 5.74) is 3.45. The topological polar surface area (TPSA) is 78.9 Å². The number of unbranched alkanes of at least 4 members (excludes halogenated alkanes) is 1. The normalized spacial score (nSPS) is 13.4. The fourth-order valence-electron chi connectivity index (χ4n) is 4.36. The molecule has 2 amide bonds. The Labute approximate surface area is 218 Å². The van der Waals surface area contributed by atoms with Gasteiger partial charge < -0.3 is 19.4 Å². The summed E-state index contributed by atoms with van der Waals surface area (Å²) in [5.74, 6) is 1.46. The molecule has 0 radical (unpaired) electrons. The molecule has 37 heavy (non-hydrogen) atoms. The summed E-state index contributed by atoms with van der Waals surface area (Å²) in [7, 11) is 1.64. The number of ether oxygens (including phenoxy) is 1. The first-order chi connectivity index (χ1) is 18.0. The number of hydrogen-bond acceptors (Lipinski definition) is 6. The van der Waals surface area contributed by atoms with Crippen molar-refractivity contribution in [2.45, 2.75) is 26.7 Å². The number of aromatic nitrogens is 2. The van der Waals surface area contributed by atoms with E-state index in [1.165, 1.54) is 0 Å². The van der Waals surface area contributed by atoms with Gasteiger partial charge in [-0.05, 0) is 49.7 Å². The highest BCUT2D eigenvalue weighted by molar-refractivity contribution is 5.96. The van der Waals surface area contributed by atoms with Crippen LogP contribution in [0.3, 0.4) is 0 Å². The monoisotopic (exact) mass is 501 g/mol. The van der Waals surface area contributed by atoms with Crippen molar-refractivity contribution in [3.8, 4) is 17.0 Å². The number of rotatable bonds is 9. The molecule has 3 aromatic rings. The molecular weight excluding hydrogens is 466 g/mol. The highest BCUT2D eigenvalue weighted by atomic mass is 16.5. The van der Waals surface area contributed by atoms with Gasteiger partial charge in [0.25, 0.3) is 5.91 Å². The largest absolute Gasteiger partial charge is 0.497 e. The van der Waals surface area contributed by atoms with Crippen molar-refractivity contribution in [2.24, 2.45) is 0 Å². The Morgan fingerprint density at radius 1 is 0.973 bits per heavy atom. The molecule has 1 aliphatic rings. The van der Waals surface area contributed by atoms with Crippen LogP contribution in [0.15, 0.2) is 60.7 Å². The predicted octanol–water partition coefficient (Wildman–Crippen LogP) is 4.05. The lowest BCUT2D eigenvalue weighted by molar-refractivity contribution is -0.132. The van der Waals surface area contributed by atoms with Crippen LogP contribution in [0.5, 0.6) is 5.75 Å². The van der Waals surface area contributed by atoms with Gasteiger partial charge in [-0.15, -0.1) is 10.2 Å². The molecule has 8 heteroatoms. The zero-order valence-electron chi connectivity index (χ0n) is 21.9. The van der Waals surface area contributed by atoms with Crippen LogP contribution in [0.1, 0.15) is 35.7 Å². The lowest BCUT2D eigenvalue weighted by Gasteiger charge is -2.36. The number of piperazine rings is 1. The summed E-state index contributed by atoms with van der Waals surface area (Å²) in [6.07, 6.45) is 1.82. The highest BCUT2D eigenvalue weighted by Crippen LogP contribution is 2.23. The number of carbonyl (C=O) groups excluding carboxylic acids is 2. The van der Waals surface area contributed by atoms with Crippen molar-refractivity contribution in [1.82, 2.24) is 20.0 Å². The molecule has 8 nitrogen and oxygen atoms in total. The molecule has 1 aliphatic heterocycles. The number of carbonyl (C=O) groups is 2. The molecule has 4 rings (SSSR count). The van der Waals surface area contributed by atoms with E-state index >= 15 is 0 Å². The maximum absolute atomic E-state index is 13.1. The Kier molecular flexibility index (Phi) is 8.72. The van der Waals surface area contributed by atoms with Crippen molar-refractivity contribution in [3.63, 3.8) is 0 Å². The summed E-state index contributed by atoms with van der Waals surface area (Å²) in [5, 5.41) is 8.83. The molecule has 0 N–H and O–H groups in total. The minimum absolute atomic E-state index is 0.0179. The Balaban J connectivity index is 1.34. The van der Waals surface area contributed by atoms with Crippen LogP contribution >= 0.6 is 0 Å². The van der Waals surface area contributed by atoms with Gasteiger partial charge in [0.1, 0.15) is 12.3 Å². The molecule has 1 fully saturated rings. The van der Waals surface area contributed by atoms with E-state index in [4.69, 9.17) is 4.74 Å². The minimum atomic E-state index is -0.0909. The fraction of sp³-hybridized carbons (Fsp3) is 0.379. The number of methoxy groups -OCH3 is 1. The van der Waals surface area contributed by atoms with E-state index < -0.39 is 0 Å². The van der Waals surface area contributed by atoms with Gasteiger partial charge in [-0.2, -0.15) is 0 Å². The lowest BCUT2D eigenvalue weighted by Crippen LogP contribution is -2.52. The second kappa shape index (κ2) is 12.3. The Morgan fingerprint density at radius 2 is 1.73 bits per heavy atom. The van der Waals surface area contributed by atoms with E-state index in [-0.39, 0.29) is 18.4 Å². The van der Waals surface area contributed by atoms with Crippen LogP contribution in [0, 0.1) is 6.92 Å². The predicted molar refractivity (Wildman–Crippen MR) is 145 cm³/mol. The van der Waals surface area contributed by atoms with Gasteiger partial charge in [0.15, 0.2) is 5.82 Å². The summed E-state index contributed by atoms with van der Waals surface area (Å²) in [4.78, 5) is 31.9. The molecular formula is C29H35N5O3. The quantitative estimate of drug-likeness (QED) is 0.440. The van der Waals surface area contributed by atoms with E-state index in [1.807, 2.05) is 72.5 Å². The Morgan fingerprint density at radius 3 is 2.38 bits per heavy atom. The SMILES string of the molecule is CCCCN(CC(=O)N1CCN(c2ccc(-c3cccc(OC)c3)nn2)CC1)C(=O)c1ccc(C)cc1. The molecule has 194 valence electrons. The maximum Gasteiger partial charge on any atom is 0.254 e. The van der Waals surface area contributed by atoms with Crippen molar-refractivity contribution in [3.05, 3.63) is 71.8 Å². The van der Waals surface area contributed by atoms with Crippen molar-refractivity contribution in [2.75, 3.05) is 51.3 Å². The molecule has 0 unspecified atom stereocenters. The summed E-state index contributed by atoms with van der Waals surface area (Å²) < 4.78 is 5.30. The average Bonchev–Trinajstić information content (AvgIpc) is 2.95. The molecule has 2 aromatic carbocycles. The molecule has 0 spiro atoms. The maximum atomic E-state index is 13.1. The second-order valence-corrected chi connectivity index (χ2v) is 9.32. The Bertz CT molecular complexity index is 1190. The number of hydrogen-bond donors (Lipinski definition) is 0. The van der Waals surface area contributed by atoms with Gasteiger partial charge in [-0.1, -0.05) is 43.2 Å². The minimum Gasteiger partial charge on any atom is -0.497 e. The fourth-order valence-corrected chi connectivity index (χ4v) is 4.36. The first-order valence-corrected chi connectivity index (χ1v) is 12.9. The zero-order valence-corrected chi connectivity index (χ0v) is 21.9. The summed E-state index contributed by atoms with van der Waals surface area (Å²) in [6.45, 7) is 7.25. The van der Waals surface area contributed by atoms with Crippen LogP contribution in [-0.4, -0.2) is 78.2 Å². The first-order valence-electron chi connectivity index (χ1n) is 12.9. The van der Waals surface area contributed by atoms with Crippen LogP contribution in [0.4, 0.5) is 5.82 Å². The van der Waals surface area contributed by atoms with Gasteiger partial charge >= 0.3 is 0 Å². The standard InChI is InChI=1S/C29H35N5O3/c1-4-5-15-34(29(36)23-11-9-22(2)10-12-23)21-28(35)33-18-16-32(17-19-33)27-14-13-26(30-31-27)24-7-6-8-25(20-24)37-3/h6-14,20H,4-5,15-19,21H2,1-3H3. The third kappa shape index (κ3) is 6.64. The smallest absolute Gasteiger partial charge is 0.254 e. The summed E-state index contributed by atoms with van der Waals surface area (Å²) >= 11 is 0. The number of benzene rings is 2. The molecule has 0 bridgehead atoms. The van der Waals surface area contributed by atoms with Crippen LogP contribution in [0.25, 0.3) is 11.3 Å². The molecule has 1 aromatic heterocycles. The number of amides is 2. The van der Waals surface area contributed by atoms with E-state index in [0.29, 0.717) is 38.3 Å². The van der Waals surface area contributed by atoms with Gasteiger partial charge in [-0.3, -0.25) is 9.59 Å². The van der Waals surface area contributed by atoms with Crippen LogP contribution in [-0.2, 0) is 4.79 Å². The van der Waals surface area contributed by atoms with Crippen LogP contribution < -0.4 is 9.64 Å². The Hall–Kier alpha value is -3.94. The average molecular weight is 502 g/mol. The van der Waals surface area contributed by atoms with Gasteiger partial charge in [0, 0.05) is 43.9 Å². The van der Waals surface area contributed by atoms with Crippen molar-refractivity contribution < 1.29 is 14.3 Å². The number of nitrogens with zero attached hydrogens (tertiary/aromatic N) is 5. The molecule has 0 aliphatic carbocycles. The van der Waals surface area contributed by atoms with Crippen LogP contribution in [0.2, 0.25) is 0 Å². The zero-order chi connectivity index (χ0) is 26.2. The van der Waals surface area contributed by atoms with Crippen molar-refractivity contribution >= 4 is 17.6 Å². The molecule has 1 saturated heterocycles. The van der Waals surface area contributed by atoms with Crippen molar-refractivity contribution in [1.29, 1.82) is 0 Å². The third-order valence-electron chi connectivity index (χ3n) is 6.67.